The zero-order chi connectivity index (χ0) is 19.3. The second kappa shape index (κ2) is 7.98. The minimum absolute atomic E-state index is 0.0995. The lowest BCUT2D eigenvalue weighted by Crippen LogP contribution is -2.26. The third kappa shape index (κ3) is 3.61. The second-order valence-electron chi connectivity index (χ2n) is 6.34. The number of carbonyl (C=O) groups is 1. The number of rotatable bonds is 5. The van der Waals surface area contributed by atoms with E-state index in [9.17, 15) is 4.79 Å². The molecule has 4 aromatic rings. The summed E-state index contributed by atoms with van der Waals surface area (Å²) >= 11 is 0. The van der Waals surface area contributed by atoms with Gasteiger partial charge in [0.05, 0.1) is 29.0 Å². The first kappa shape index (κ1) is 17.8. The number of benzene rings is 3. The van der Waals surface area contributed by atoms with Crippen LogP contribution in [0.15, 0.2) is 78.9 Å². The largest absolute Gasteiger partial charge is 0.395 e. The predicted octanol–water partition coefficient (Wildman–Crippen LogP) is 3.69. The highest BCUT2D eigenvalue weighted by molar-refractivity contribution is 5.98. The van der Waals surface area contributed by atoms with Crippen LogP contribution in [0, 0.1) is 0 Å². The van der Waals surface area contributed by atoms with E-state index in [1.165, 1.54) is 0 Å². The van der Waals surface area contributed by atoms with Gasteiger partial charge in [0.1, 0.15) is 0 Å². The number of aromatic nitrogens is 2. The quantitative estimate of drug-likeness (QED) is 0.563. The Balaban J connectivity index is 1.88. The van der Waals surface area contributed by atoms with Crippen molar-refractivity contribution in [2.45, 2.75) is 0 Å². The molecule has 0 fully saturated rings. The highest BCUT2D eigenvalue weighted by atomic mass is 16.3. The third-order valence-corrected chi connectivity index (χ3v) is 4.42. The van der Waals surface area contributed by atoms with Crippen molar-refractivity contribution in [3.05, 3.63) is 84.4 Å². The average molecular weight is 369 g/mol. The number of amides is 1. The molecule has 0 aliphatic carbocycles. The summed E-state index contributed by atoms with van der Waals surface area (Å²) in [5, 5.41) is 11.6. The molecule has 5 heteroatoms. The van der Waals surface area contributed by atoms with Crippen molar-refractivity contribution in [1.29, 1.82) is 0 Å². The normalized spacial score (nSPS) is 10.8. The van der Waals surface area contributed by atoms with Gasteiger partial charge in [0.15, 0.2) is 0 Å². The molecule has 0 aliphatic rings. The standard InChI is InChI=1S/C23H19N3O2/c27-14-13-24-23(28)18-11-12-19-20(15-18)26-22(17-9-5-2-6-10-17)21(25-19)16-7-3-1-4-8-16/h1-12,15,27H,13-14H2,(H,24,28). The number of hydrogen-bond donors (Lipinski definition) is 2. The first-order valence-electron chi connectivity index (χ1n) is 9.08. The fourth-order valence-electron chi connectivity index (χ4n) is 3.06. The summed E-state index contributed by atoms with van der Waals surface area (Å²) in [5.74, 6) is -0.244. The molecule has 138 valence electrons. The van der Waals surface area contributed by atoms with Crippen LogP contribution in [-0.2, 0) is 0 Å². The predicted molar refractivity (Wildman–Crippen MR) is 110 cm³/mol. The van der Waals surface area contributed by atoms with Crippen molar-refractivity contribution in [3.8, 4) is 22.5 Å². The van der Waals surface area contributed by atoms with Gasteiger partial charge < -0.3 is 10.4 Å². The molecule has 1 amide bonds. The zero-order valence-corrected chi connectivity index (χ0v) is 15.2. The molecule has 1 aromatic heterocycles. The van der Waals surface area contributed by atoms with Crippen molar-refractivity contribution in [3.63, 3.8) is 0 Å². The van der Waals surface area contributed by atoms with Gasteiger partial charge in [0.25, 0.3) is 5.91 Å². The maximum atomic E-state index is 12.2. The minimum Gasteiger partial charge on any atom is -0.395 e. The lowest BCUT2D eigenvalue weighted by atomic mass is 10.0. The smallest absolute Gasteiger partial charge is 0.251 e. The molecule has 0 radical (unpaired) electrons. The van der Waals surface area contributed by atoms with Gasteiger partial charge in [-0.2, -0.15) is 0 Å². The van der Waals surface area contributed by atoms with Crippen molar-refractivity contribution in [2.75, 3.05) is 13.2 Å². The van der Waals surface area contributed by atoms with E-state index in [0.29, 0.717) is 11.1 Å². The van der Waals surface area contributed by atoms with Gasteiger partial charge in [0, 0.05) is 23.2 Å². The molecule has 5 nitrogen and oxygen atoms in total. The molecule has 0 atom stereocenters. The van der Waals surface area contributed by atoms with Gasteiger partial charge in [-0.1, -0.05) is 60.7 Å². The van der Waals surface area contributed by atoms with Crippen LogP contribution < -0.4 is 5.32 Å². The first-order valence-corrected chi connectivity index (χ1v) is 9.08. The summed E-state index contributed by atoms with van der Waals surface area (Å²) in [5.41, 5.74) is 5.38. The van der Waals surface area contributed by atoms with E-state index in [1.54, 1.807) is 18.2 Å². The Morgan fingerprint density at radius 3 is 1.93 bits per heavy atom. The lowest BCUT2D eigenvalue weighted by molar-refractivity contribution is 0.0945. The molecule has 0 saturated heterocycles. The highest BCUT2D eigenvalue weighted by Gasteiger charge is 2.14. The SMILES string of the molecule is O=C(NCCO)c1ccc2nc(-c3ccccc3)c(-c3ccccc3)nc2c1. The molecule has 0 bridgehead atoms. The summed E-state index contributed by atoms with van der Waals surface area (Å²) in [6.07, 6.45) is 0. The van der Waals surface area contributed by atoms with Crippen LogP contribution in [0.4, 0.5) is 0 Å². The van der Waals surface area contributed by atoms with Crippen LogP contribution in [0.1, 0.15) is 10.4 Å². The van der Waals surface area contributed by atoms with E-state index in [2.05, 4.69) is 5.32 Å². The molecule has 28 heavy (non-hydrogen) atoms. The van der Waals surface area contributed by atoms with Crippen molar-refractivity contribution < 1.29 is 9.90 Å². The molecule has 4 rings (SSSR count). The van der Waals surface area contributed by atoms with Gasteiger partial charge in [0.2, 0.25) is 0 Å². The summed E-state index contributed by atoms with van der Waals surface area (Å²) in [4.78, 5) is 21.9. The summed E-state index contributed by atoms with van der Waals surface area (Å²) in [7, 11) is 0. The van der Waals surface area contributed by atoms with Gasteiger partial charge >= 0.3 is 0 Å². The van der Waals surface area contributed by atoms with Crippen LogP contribution >= 0.6 is 0 Å². The van der Waals surface area contributed by atoms with Crippen LogP contribution in [0.5, 0.6) is 0 Å². The number of fused-ring (bicyclic) bond motifs is 1. The zero-order valence-electron chi connectivity index (χ0n) is 15.2. The monoisotopic (exact) mass is 369 g/mol. The van der Waals surface area contributed by atoms with E-state index < -0.39 is 0 Å². The number of hydrogen-bond acceptors (Lipinski definition) is 4. The van der Waals surface area contributed by atoms with Crippen LogP contribution in [0.25, 0.3) is 33.5 Å². The number of carbonyl (C=O) groups excluding carboxylic acids is 1. The van der Waals surface area contributed by atoms with Gasteiger partial charge in [-0.05, 0) is 18.2 Å². The molecular formula is C23H19N3O2. The topological polar surface area (TPSA) is 75.1 Å². The highest BCUT2D eigenvalue weighted by Crippen LogP contribution is 2.31. The molecule has 0 aliphatic heterocycles. The average Bonchev–Trinajstić information content (AvgIpc) is 2.77. The van der Waals surface area contributed by atoms with E-state index in [0.717, 1.165) is 28.0 Å². The Labute approximate surface area is 162 Å². The van der Waals surface area contributed by atoms with E-state index in [-0.39, 0.29) is 19.1 Å². The van der Waals surface area contributed by atoms with Gasteiger partial charge in [-0.3, -0.25) is 4.79 Å². The number of nitrogens with one attached hydrogen (secondary N) is 1. The van der Waals surface area contributed by atoms with Crippen molar-refractivity contribution in [1.82, 2.24) is 15.3 Å². The Kier molecular flexibility index (Phi) is 5.08. The second-order valence-corrected chi connectivity index (χ2v) is 6.34. The van der Waals surface area contributed by atoms with Crippen LogP contribution in [0.3, 0.4) is 0 Å². The first-order chi connectivity index (χ1) is 13.8. The third-order valence-electron chi connectivity index (χ3n) is 4.42. The molecule has 2 N–H and O–H groups in total. The van der Waals surface area contributed by atoms with Gasteiger partial charge in [-0.25, -0.2) is 9.97 Å². The van der Waals surface area contributed by atoms with Crippen LogP contribution in [0.2, 0.25) is 0 Å². The maximum absolute atomic E-state index is 12.2. The lowest BCUT2D eigenvalue weighted by Gasteiger charge is -2.11. The molecular weight excluding hydrogens is 350 g/mol. The van der Waals surface area contributed by atoms with Crippen LogP contribution in [-0.4, -0.2) is 34.1 Å². The summed E-state index contributed by atoms with van der Waals surface area (Å²) in [6.45, 7) is 0.114. The molecule has 3 aromatic carbocycles. The Hall–Kier alpha value is -3.57. The number of nitrogens with zero attached hydrogens (tertiary/aromatic N) is 2. The molecule has 0 unspecified atom stereocenters. The van der Waals surface area contributed by atoms with Gasteiger partial charge in [-0.15, -0.1) is 0 Å². The Morgan fingerprint density at radius 1 is 0.786 bits per heavy atom. The molecule has 0 spiro atoms. The Bertz CT molecular complexity index is 1110. The summed E-state index contributed by atoms with van der Waals surface area (Å²) in [6, 6.07) is 25.1. The van der Waals surface area contributed by atoms with Crippen molar-refractivity contribution >= 4 is 16.9 Å². The van der Waals surface area contributed by atoms with E-state index in [4.69, 9.17) is 15.1 Å². The van der Waals surface area contributed by atoms with E-state index >= 15 is 0 Å². The number of aliphatic hydroxyl groups is 1. The minimum atomic E-state index is -0.244. The Morgan fingerprint density at radius 2 is 1.36 bits per heavy atom. The molecule has 1 heterocycles. The number of aliphatic hydroxyl groups excluding tert-OH is 1. The summed E-state index contributed by atoms with van der Waals surface area (Å²) < 4.78 is 0. The fourth-order valence-corrected chi connectivity index (χ4v) is 3.06. The fraction of sp³-hybridized carbons (Fsp3) is 0.0870. The molecule has 0 saturated carbocycles. The van der Waals surface area contributed by atoms with E-state index in [1.807, 2.05) is 60.7 Å². The van der Waals surface area contributed by atoms with Crippen molar-refractivity contribution in [2.24, 2.45) is 0 Å². The maximum Gasteiger partial charge on any atom is 0.251 e.